The molecule has 3 nitrogen and oxygen atoms in total. The Balaban J connectivity index is 2.56. The molecule has 0 saturated heterocycles. The van der Waals surface area contributed by atoms with Gasteiger partial charge in [-0.2, -0.15) is 0 Å². The Bertz CT molecular complexity index is 359. The molecule has 0 bridgehead atoms. The van der Waals surface area contributed by atoms with Gasteiger partial charge >= 0.3 is 0 Å². The minimum absolute atomic E-state index is 0.0652. The SMILES string of the molecule is C=C(Br)CNc1ccc(NC(C)=O)cc1. The highest BCUT2D eigenvalue weighted by Gasteiger charge is 1.96. The molecule has 0 aliphatic carbocycles. The molecule has 0 saturated carbocycles. The summed E-state index contributed by atoms with van der Waals surface area (Å²) in [6, 6.07) is 7.50. The fraction of sp³-hybridized carbons (Fsp3) is 0.182. The van der Waals surface area contributed by atoms with E-state index in [0.29, 0.717) is 6.54 Å². The molecule has 15 heavy (non-hydrogen) atoms. The van der Waals surface area contributed by atoms with E-state index < -0.39 is 0 Å². The lowest BCUT2D eigenvalue weighted by Gasteiger charge is -2.06. The molecule has 0 aliphatic heterocycles. The highest BCUT2D eigenvalue weighted by atomic mass is 79.9. The van der Waals surface area contributed by atoms with Crippen LogP contribution in [0, 0.1) is 0 Å². The van der Waals surface area contributed by atoms with Gasteiger partial charge in [0.05, 0.1) is 0 Å². The predicted octanol–water partition coefficient (Wildman–Crippen LogP) is 2.97. The minimum Gasteiger partial charge on any atom is -0.380 e. The highest BCUT2D eigenvalue weighted by Crippen LogP contribution is 2.14. The van der Waals surface area contributed by atoms with Crippen molar-refractivity contribution >= 4 is 33.2 Å². The number of hydrogen-bond acceptors (Lipinski definition) is 2. The lowest BCUT2D eigenvalue weighted by atomic mass is 10.3. The Morgan fingerprint density at radius 1 is 1.33 bits per heavy atom. The van der Waals surface area contributed by atoms with Crippen LogP contribution in [-0.4, -0.2) is 12.5 Å². The Kier molecular flexibility index (Phi) is 4.37. The van der Waals surface area contributed by atoms with Gasteiger partial charge in [0.2, 0.25) is 5.91 Å². The van der Waals surface area contributed by atoms with Gasteiger partial charge in [0, 0.05) is 29.3 Å². The van der Waals surface area contributed by atoms with Gasteiger partial charge in [-0.25, -0.2) is 0 Å². The maximum atomic E-state index is 10.8. The van der Waals surface area contributed by atoms with E-state index in [1.165, 1.54) is 6.92 Å². The molecule has 0 aliphatic rings. The second-order valence-corrected chi connectivity index (χ2v) is 4.25. The summed E-state index contributed by atoms with van der Waals surface area (Å²) >= 11 is 3.27. The molecule has 0 spiro atoms. The van der Waals surface area contributed by atoms with Crippen LogP contribution >= 0.6 is 15.9 Å². The largest absolute Gasteiger partial charge is 0.380 e. The van der Waals surface area contributed by atoms with Gasteiger partial charge in [-0.3, -0.25) is 4.79 Å². The maximum absolute atomic E-state index is 10.8. The van der Waals surface area contributed by atoms with Crippen molar-refractivity contribution in [3.63, 3.8) is 0 Å². The van der Waals surface area contributed by atoms with Crippen LogP contribution in [0.5, 0.6) is 0 Å². The number of benzene rings is 1. The van der Waals surface area contributed by atoms with Gasteiger partial charge in [0.15, 0.2) is 0 Å². The van der Waals surface area contributed by atoms with Crippen molar-refractivity contribution in [1.82, 2.24) is 0 Å². The van der Waals surface area contributed by atoms with Gasteiger partial charge in [0.25, 0.3) is 0 Å². The van der Waals surface area contributed by atoms with Gasteiger partial charge in [0.1, 0.15) is 0 Å². The van der Waals surface area contributed by atoms with Gasteiger partial charge in [-0.1, -0.05) is 22.5 Å². The van der Waals surface area contributed by atoms with Crippen LogP contribution in [-0.2, 0) is 4.79 Å². The molecule has 4 heteroatoms. The molecule has 1 aromatic carbocycles. The maximum Gasteiger partial charge on any atom is 0.221 e. The van der Waals surface area contributed by atoms with E-state index in [1.54, 1.807) is 0 Å². The molecule has 2 N–H and O–H groups in total. The summed E-state index contributed by atoms with van der Waals surface area (Å²) in [6.45, 7) is 5.89. The van der Waals surface area contributed by atoms with Crippen molar-refractivity contribution in [2.24, 2.45) is 0 Å². The minimum atomic E-state index is -0.0652. The average molecular weight is 269 g/mol. The van der Waals surface area contributed by atoms with E-state index in [9.17, 15) is 4.79 Å². The number of carbonyl (C=O) groups is 1. The third-order valence-corrected chi connectivity index (χ3v) is 1.97. The molecule has 1 aromatic rings. The van der Waals surface area contributed by atoms with Crippen molar-refractivity contribution in [2.75, 3.05) is 17.2 Å². The molecule has 1 amide bonds. The van der Waals surface area contributed by atoms with Crippen LogP contribution in [0.4, 0.5) is 11.4 Å². The second kappa shape index (κ2) is 5.56. The fourth-order valence-corrected chi connectivity index (χ4v) is 1.21. The summed E-state index contributed by atoms with van der Waals surface area (Å²) in [5.74, 6) is -0.0652. The van der Waals surface area contributed by atoms with Gasteiger partial charge < -0.3 is 10.6 Å². The topological polar surface area (TPSA) is 41.1 Å². The summed E-state index contributed by atoms with van der Waals surface area (Å²) in [6.07, 6.45) is 0. The lowest BCUT2D eigenvalue weighted by Crippen LogP contribution is -2.06. The molecule has 0 radical (unpaired) electrons. The van der Waals surface area contributed by atoms with E-state index in [4.69, 9.17) is 0 Å². The van der Waals surface area contributed by atoms with Crippen molar-refractivity contribution in [1.29, 1.82) is 0 Å². The molecular weight excluding hydrogens is 256 g/mol. The van der Waals surface area contributed by atoms with Gasteiger partial charge in [-0.15, -0.1) is 0 Å². The zero-order chi connectivity index (χ0) is 11.3. The normalized spacial score (nSPS) is 9.47. The number of nitrogens with one attached hydrogen (secondary N) is 2. The van der Waals surface area contributed by atoms with E-state index in [-0.39, 0.29) is 5.91 Å². The summed E-state index contributed by atoms with van der Waals surface area (Å²) in [7, 11) is 0. The summed E-state index contributed by atoms with van der Waals surface area (Å²) in [4.78, 5) is 10.8. The Morgan fingerprint density at radius 3 is 2.33 bits per heavy atom. The fourth-order valence-electron chi connectivity index (χ4n) is 1.07. The molecule has 0 fully saturated rings. The van der Waals surface area contributed by atoms with Gasteiger partial charge in [-0.05, 0) is 24.3 Å². The Labute approximate surface area is 97.7 Å². The molecule has 1 rings (SSSR count). The van der Waals surface area contributed by atoms with Crippen molar-refractivity contribution in [3.05, 3.63) is 35.3 Å². The first-order valence-corrected chi connectivity index (χ1v) is 5.32. The molecule has 0 unspecified atom stereocenters. The number of hydrogen-bond donors (Lipinski definition) is 2. The Hall–Kier alpha value is -1.29. The summed E-state index contributed by atoms with van der Waals surface area (Å²) < 4.78 is 0.897. The first kappa shape index (κ1) is 11.8. The van der Waals surface area contributed by atoms with Crippen LogP contribution in [0.15, 0.2) is 35.3 Å². The molecule has 0 atom stereocenters. The zero-order valence-electron chi connectivity index (χ0n) is 8.51. The van der Waals surface area contributed by atoms with E-state index in [1.807, 2.05) is 24.3 Å². The molecule has 0 heterocycles. The van der Waals surface area contributed by atoms with Crippen LogP contribution in [0.3, 0.4) is 0 Å². The zero-order valence-corrected chi connectivity index (χ0v) is 10.1. The van der Waals surface area contributed by atoms with Crippen LogP contribution in [0.2, 0.25) is 0 Å². The standard InChI is InChI=1S/C11H13BrN2O/c1-8(12)7-13-10-3-5-11(6-4-10)14-9(2)15/h3-6,13H,1,7H2,2H3,(H,14,15). The number of rotatable bonds is 4. The Morgan fingerprint density at radius 2 is 1.87 bits per heavy atom. The molecule has 80 valence electrons. The molecule has 0 aromatic heterocycles. The lowest BCUT2D eigenvalue weighted by molar-refractivity contribution is -0.114. The van der Waals surface area contributed by atoms with E-state index >= 15 is 0 Å². The van der Waals surface area contributed by atoms with E-state index in [2.05, 4.69) is 33.1 Å². The number of halogens is 1. The first-order valence-electron chi connectivity index (χ1n) is 4.53. The number of carbonyl (C=O) groups excluding carboxylic acids is 1. The number of anilines is 2. The predicted molar refractivity (Wildman–Crippen MR) is 67.3 cm³/mol. The highest BCUT2D eigenvalue weighted by molar-refractivity contribution is 9.11. The monoisotopic (exact) mass is 268 g/mol. The van der Waals surface area contributed by atoms with Crippen LogP contribution in [0.1, 0.15) is 6.92 Å². The summed E-state index contributed by atoms with van der Waals surface area (Å²) in [5, 5.41) is 5.87. The second-order valence-electron chi connectivity index (χ2n) is 3.13. The van der Waals surface area contributed by atoms with Crippen LogP contribution < -0.4 is 10.6 Å². The first-order chi connectivity index (χ1) is 7.08. The average Bonchev–Trinajstić information content (AvgIpc) is 2.16. The van der Waals surface area contributed by atoms with Crippen molar-refractivity contribution in [3.8, 4) is 0 Å². The third kappa shape index (κ3) is 4.65. The smallest absolute Gasteiger partial charge is 0.221 e. The molecular formula is C11H13BrN2O. The van der Waals surface area contributed by atoms with E-state index in [0.717, 1.165) is 15.9 Å². The number of amides is 1. The van der Waals surface area contributed by atoms with Crippen LogP contribution in [0.25, 0.3) is 0 Å². The summed E-state index contributed by atoms with van der Waals surface area (Å²) in [5.41, 5.74) is 1.79. The third-order valence-electron chi connectivity index (χ3n) is 1.69. The van der Waals surface area contributed by atoms with Crippen molar-refractivity contribution in [2.45, 2.75) is 6.92 Å². The quantitative estimate of drug-likeness (QED) is 0.882. The van der Waals surface area contributed by atoms with Crippen molar-refractivity contribution < 1.29 is 4.79 Å².